The van der Waals surface area contributed by atoms with Gasteiger partial charge < -0.3 is 5.32 Å². The Morgan fingerprint density at radius 3 is 2.85 bits per heavy atom. The molecule has 1 N–H and O–H groups in total. The van der Waals surface area contributed by atoms with E-state index in [0.29, 0.717) is 10.0 Å². The third kappa shape index (κ3) is 3.29. The Bertz CT molecular complexity index is 297. The zero-order valence-corrected chi connectivity index (χ0v) is 8.70. The zero-order valence-electron chi connectivity index (χ0n) is 7.19. The summed E-state index contributed by atoms with van der Waals surface area (Å²) in [4.78, 5) is 0. The van der Waals surface area contributed by atoms with E-state index in [1.807, 2.05) is 12.1 Å². The Morgan fingerprint density at radius 1 is 1.38 bits per heavy atom. The molecule has 3 heteroatoms. The van der Waals surface area contributed by atoms with Crippen LogP contribution in [-0.2, 0) is 0 Å². The van der Waals surface area contributed by atoms with Crippen molar-refractivity contribution in [2.24, 2.45) is 0 Å². The second-order valence-corrected chi connectivity index (χ2v) is 3.47. The topological polar surface area (TPSA) is 12.0 Å². The Morgan fingerprint density at radius 2 is 2.15 bits per heavy atom. The summed E-state index contributed by atoms with van der Waals surface area (Å²) in [6.07, 6.45) is 2.76. The van der Waals surface area contributed by atoms with Gasteiger partial charge in [0.15, 0.2) is 0 Å². The van der Waals surface area contributed by atoms with Crippen molar-refractivity contribution in [1.82, 2.24) is 0 Å². The maximum absolute atomic E-state index is 5.93. The molecule has 0 saturated carbocycles. The number of hydrogen-bond acceptors (Lipinski definition) is 1. The molecule has 0 atom stereocenters. The first-order chi connectivity index (χ1) is 6.24. The van der Waals surface area contributed by atoms with Gasteiger partial charge in [-0.05, 0) is 24.6 Å². The minimum absolute atomic E-state index is 0.686. The van der Waals surface area contributed by atoms with E-state index in [0.717, 1.165) is 18.7 Å². The first-order valence-electron chi connectivity index (χ1n) is 4.04. The van der Waals surface area contributed by atoms with Gasteiger partial charge in [-0.15, -0.1) is 6.58 Å². The average molecular weight is 216 g/mol. The molecule has 0 amide bonds. The van der Waals surface area contributed by atoms with Crippen LogP contribution < -0.4 is 5.32 Å². The average Bonchev–Trinajstić information content (AvgIpc) is 2.11. The minimum atomic E-state index is 0.686. The van der Waals surface area contributed by atoms with Gasteiger partial charge in [-0.2, -0.15) is 0 Å². The van der Waals surface area contributed by atoms with Gasteiger partial charge in [-0.25, -0.2) is 0 Å². The van der Waals surface area contributed by atoms with Gasteiger partial charge in [0.2, 0.25) is 0 Å². The molecule has 0 aliphatic rings. The van der Waals surface area contributed by atoms with Crippen LogP contribution in [0.3, 0.4) is 0 Å². The number of nitrogens with one attached hydrogen (secondary N) is 1. The third-order valence-corrected chi connectivity index (χ3v) is 2.16. The molecule has 1 nitrogen and oxygen atoms in total. The second-order valence-electron chi connectivity index (χ2n) is 2.63. The van der Waals surface area contributed by atoms with E-state index in [9.17, 15) is 0 Å². The monoisotopic (exact) mass is 215 g/mol. The highest BCUT2D eigenvalue weighted by Gasteiger charge is 1.98. The van der Waals surface area contributed by atoms with Crippen molar-refractivity contribution in [2.75, 3.05) is 11.9 Å². The van der Waals surface area contributed by atoms with E-state index in [1.165, 1.54) is 0 Å². The van der Waals surface area contributed by atoms with Gasteiger partial charge in [0.1, 0.15) is 0 Å². The van der Waals surface area contributed by atoms with Gasteiger partial charge in [0.25, 0.3) is 0 Å². The molecule has 0 bridgehead atoms. The quantitative estimate of drug-likeness (QED) is 0.592. The maximum atomic E-state index is 5.93. The van der Waals surface area contributed by atoms with E-state index in [-0.39, 0.29) is 0 Å². The Kier molecular flexibility index (Phi) is 4.13. The Balaban J connectivity index is 2.64. The van der Waals surface area contributed by atoms with E-state index in [4.69, 9.17) is 23.2 Å². The molecule has 0 unspecified atom stereocenters. The first-order valence-corrected chi connectivity index (χ1v) is 4.79. The summed E-state index contributed by atoms with van der Waals surface area (Å²) in [7, 11) is 0. The minimum Gasteiger partial charge on any atom is -0.383 e. The molecule has 0 radical (unpaired) electrons. The molecule has 0 aromatic heterocycles. The molecule has 13 heavy (non-hydrogen) atoms. The van der Waals surface area contributed by atoms with Crippen molar-refractivity contribution in [3.63, 3.8) is 0 Å². The van der Waals surface area contributed by atoms with Crippen LogP contribution in [-0.4, -0.2) is 6.54 Å². The fourth-order valence-corrected chi connectivity index (χ4v) is 1.30. The highest BCUT2D eigenvalue weighted by Crippen LogP contribution is 2.25. The van der Waals surface area contributed by atoms with Crippen molar-refractivity contribution in [2.45, 2.75) is 6.42 Å². The van der Waals surface area contributed by atoms with Crippen LogP contribution in [0.2, 0.25) is 10.0 Å². The molecule has 0 spiro atoms. The fraction of sp³-hybridized carbons (Fsp3) is 0.200. The second kappa shape index (κ2) is 5.15. The molecule has 0 fully saturated rings. The lowest BCUT2D eigenvalue weighted by Gasteiger charge is -2.06. The third-order valence-electron chi connectivity index (χ3n) is 1.59. The summed E-state index contributed by atoms with van der Waals surface area (Å²) in [5, 5.41) is 4.54. The van der Waals surface area contributed by atoms with Gasteiger partial charge in [0, 0.05) is 11.6 Å². The van der Waals surface area contributed by atoms with Crippen molar-refractivity contribution in [1.29, 1.82) is 0 Å². The van der Waals surface area contributed by atoms with Crippen molar-refractivity contribution < 1.29 is 0 Å². The molecule has 1 rings (SSSR count). The van der Waals surface area contributed by atoms with Crippen LogP contribution in [0.1, 0.15) is 6.42 Å². The van der Waals surface area contributed by atoms with Crippen LogP contribution in [0, 0.1) is 0 Å². The number of anilines is 1. The number of halogens is 2. The van der Waals surface area contributed by atoms with Gasteiger partial charge in [-0.1, -0.05) is 29.3 Å². The maximum Gasteiger partial charge on any atom is 0.0638 e. The van der Waals surface area contributed by atoms with Gasteiger partial charge in [0.05, 0.1) is 10.7 Å². The number of rotatable bonds is 4. The predicted octanol–water partition coefficient (Wildman–Crippen LogP) is 3.98. The Labute approximate surface area is 88.4 Å². The summed E-state index contributed by atoms with van der Waals surface area (Å²) in [5.74, 6) is 0. The van der Waals surface area contributed by atoms with E-state index in [2.05, 4.69) is 11.9 Å². The molecular weight excluding hydrogens is 205 g/mol. The smallest absolute Gasteiger partial charge is 0.0638 e. The molecule has 0 heterocycles. The number of benzene rings is 1. The standard InChI is InChI=1S/C10H11Cl2N/c1-2-3-6-13-10-7-8(11)4-5-9(10)12/h2,4-5,7,13H,1,3,6H2. The molecule has 0 aliphatic heterocycles. The summed E-state index contributed by atoms with van der Waals surface area (Å²) in [6.45, 7) is 4.46. The molecular formula is C10H11Cl2N. The van der Waals surface area contributed by atoms with Crippen LogP contribution in [0.4, 0.5) is 5.69 Å². The summed E-state index contributed by atoms with van der Waals surface area (Å²) >= 11 is 11.7. The summed E-state index contributed by atoms with van der Waals surface area (Å²) in [6, 6.07) is 5.36. The lowest BCUT2D eigenvalue weighted by Crippen LogP contribution is -2.00. The molecule has 1 aromatic carbocycles. The number of hydrogen-bond donors (Lipinski definition) is 1. The van der Waals surface area contributed by atoms with Gasteiger partial charge >= 0.3 is 0 Å². The lowest BCUT2D eigenvalue weighted by molar-refractivity contribution is 1.07. The highest BCUT2D eigenvalue weighted by atomic mass is 35.5. The largest absolute Gasteiger partial charge is 0.383 e. The normalized spacial score (nSPS) is 9.69. The van der Waals surface area contributed by atoms with E-state index >= 15 is 0 Å². The predicted molar refractivity (Wildman–Crippen MR) is 59.8 cm³/mol. The first kappa shape index (κ1) is 10.4. The lowest BCUT2D eigenvalue weighted by atomic mass is 10.3. The Hall–Kier alpha value is -0.660. The summed E-state index contributed by atoms with van der Waals surface area (Å²) in [5.41, 5.74) is 0.871. The summed E-state index contributed by atoms with van der Waals surface area (Å²) < 4.78 is 0. The zero-order chi connectivity index (χ0) is 9.68. The van der Waals surface area contributed by atoms with E-state index < -0.39 is 0 Å². The molecule has 70 valence electrons. The fourth-order valence-electron chi connectivity index (χ4n) is 0.942. The molecule has 0 saturated heterocycles. The molecule has 1 aromatic rings. The van der Waals surface area contributed by atoms with Crippen molar-refractivity contribution in [3.05, 3.63) is 40.9 Å². The van der Waals surface area contributed by atoms with Crippen LogP contribution in [0.5, 0.6) is 0 Å². The van der Waals surface area contributed by atoms with Crippen LogP contribution in [0.15, 0.2) is 30.9 Å². The van der Waals surface area contributed by atoms with Crippen LogP contribution in [0.25, 0.3) is 0 Å². The van der Waals surface area contributed by atoms with Crippen molar-refractivity contribution in [3.8, 4) is 0 Å². The van der Waals surface area contributed by atoms with Gasteiger partial charge in [-0.3, -0.25) is 0 Å². The van der Waals surface area contributed by atoms with Crippen molar-refractivity contribution >= 4 is 28.9 Å². The van der Waals surface area contributed by atoms with E-state index in [1.54, 1.807) is 12.1 Å². The SMILES string of the molecule is C=CCCNc1cc(Cl)ccc1Cl. The highest BCUT2D eigenvalue weighted by molar-refractivity contribution is 6.35. The molecule has 0 aliphatic carbocycles. The van der Waals surface area contributed by atoms with Crippen LogP contribution >= 0.6 is 23.2 Å².